The third-order valence-electron chi connectivity index (χ3n) is 1.56. The fraction of sp³-hybridized carbons (Fsp3) is 0.500. The molecule has 6 heteroatoms. The van der Waals surface area contributed by atoms with Gasteiger partial charge in [-0.05, 0) is 13.2 Å². The normalized spacial score (nSPS) is 12.0. The Morgan fingerprint density at radius 2 is 2.17 bits per heavy atom. The third kappa shape index (κ3) is 2.28. The molecule has 0 fully saturated rings. The molecule has 0 saturated heterocycles. The highest BCUT2D eigenvalue weighted by Gasteiger charge is 2.25. The van der Waals surface area contributed by atoms with Crippen molar-refractivity contribution in [2.45, 2.75) is 19.8 Å². The highest BCUT2D eigenvalue weighted by atomic mass is 19.4. The van der Waals surface area contributed by atoms with E-state index in [0.29, 0.717) is 6.54 Å². The van der Waals surface area contributed by atoms with Crippen LogP contribution >= 0.6 is 0 Å². The average Bonchev–Trinajstić information content (AvgIpc) is 2.31. The first-order chi connectivity index (χ1) is 5.53. The van der Waals surface area contributed by atoms with Gasteiger partial charge in [0.05, 0.1) is 5.82 Å². The highest BCUT2D eigenvalue weighted by Crippen LogP contribution is 2.14. The van der Waals surface area contributed by atoms with Gasteiger partial charge in [0.1, 0.15) is 0 Å². The molecule has 1 aromatic heterocycles. The minimum Gasteiger partial charge on any atom is -0.449 e. The molecular weight excluding hydrogens is 168 g/mol. The van der Waals surface area contributed by atoms with Gasteiger partial charge in [0.15, 0.2) is 0 Å². The molecule has 0 N–H and O–H groups in total. The number of imidazole rings is 1. The van der Waals surface area contributed by atoms with Crippen molar-refractivity contribution in [2.75, 3.05) is 0 Å². The third-order valence-corrected chi connectivity index (χ3v) is 1.56. The second-order valence-electron chi connectivity index (χ2n) is 2.54. The maximum absolute atomic E-state index is 11.9. The molecule has 0 aliphatic carbocycles. The quantitative estimate of drug-likeness (QED) is 0.644. The van der Waals surface area contributed by atoms with Gasteiger partial charge in [-0.2, -0.15) is 0 Å². The smallest absolute Gasteiger partial charge is 0.449 e. The zero-order valence-corrected chi connectivity index (χ0v) is 6.67. The molecule has 0 bridgehead atoms. The maximum Gasteiger partial charge on any atom is 0.485 e. The van der Waals surface area contributed by atoms with Crippen LogP contribution in [-0.4, -0.2) is 16.5 Å². The summed E-state index contributed by atoms with van der Waals surface area (Å²) in [4.78, 5) is 3.63. The molecule has 2 nitrogen and oxygen atoms in total. The molecule has 0 saturated carbocycles. The van der Waals surface area contributed by atoms with E-state index in [4.69, 9.17) is 0 Å². The lowest BCUT2D eigenvalue weighted by Gasteiger charge is -2.13. The van der Waals surface area contributed by atoms with Gasteiger partial charge in [-0.3, -0.25) is 0 Å². The first-order valence-electron chi connectivity index (χ1n) is 3.74. The van der Waals surface area contributed by atoms with E-state index in [-0.39, 0.29) is 5.82 Å². The van der Waals surface area contributed by atoms with E-state index < -0.39 is 13.3 Å². The average molecular weight is 177 g/mol. The molecule has 0 atom stereocenters. The van der Waals surface area contributed by atoms with Crippen LogP contribution in [0.25, 0.3) is 0 Å². The molecule has 0 radical (unpaired) electrons. The molecule has 0 aliphatic heterocycles. The molecule has 0 aromatic carbocycles. The Balaban J connectivity index is 2.75. The summed E-state index contributed by atoms with van der Waals surface area (Å²) in [6.07, 6.45) is 2.05. The summed E-state index contributed by atoms with van der Waals surface area (Å²) in [5.74, 6) is 0.102. The van der Waals surface area contributed by atoms with E-state index in [1.54, 1.807) is 13.1 Å². The van der Waals surface area contributed by atoms with Gasteiger partial charge in [0.2, 0.25) is 0 Å². The largest absolute Gasteiger partial charge is 0.485 e. The van der Waals surface area contributed by atoms with Gasteiger partial charge in [0, 0.05) is 18.9 Å². The van der Waals surface area contributed by atoms with Crippen LogP contribution in [0, 0.1) is 0 Å². The lowest BCUT2D eigenvalue weighted by molar-refractivity contribution is 0.462. The maximum atomic E-state index is 11.9. The molecule has 12 heavy (non-hydrogen) atoms. The molecule has 0 aliphatic rings. The van der Waals surface area contributed by atoms with E-state index >= 15 is 0 Å². The molecule has 1 aromatic rings. The van der Waals surface area contributed by atoms with Gasteiger partial charge >= 0.3 is 6.98 Å². The van der Waals surface area contributed by atoms with Gasteiger partial charge in [-0.25, -0.2) is 4.98 Å². The summed E-state index contributed by atoms with van der Waals surface area (Å²) >= 11 is 0. The summed E-state index contributed by atoms with van der Waals surface area (Å²) in [5, 5.41) is 0. The second-order valence-corrected chi connectivity index (χ2v) is 2.54. The Labute approximate surface area is 68.5 Å². The standard InChI is InChI=1S/C6H9BF3N2/c1-2-12-4-3-11-6(12)5-7(8,9)10/h3-4H,2,5H2,1H3/q-1. The lowest BCUT2D eigenvalue weighted by Crippen LogP contribution is -2.22. The summed E-state index contributed by atoms with van der Waals surface area (Å²) in [5.41, 5.74) is 0. The number of hydrogen-bond acceptors (Lipinski definition) is 1. The van der Waals surface area contributed by atoms with Gasteiger partial charge < -0.3 is 17.5 Å². The van der Waals surface area contributed by atoms with Crippen molar-refractivity contribution < 1.29 is 12.9 Å². The zero-order valence-electron chi connectivity index (χ0n) is 6.67. The van der Waals surface area contributed by atoms with Crippen LogP contribution in [0.4, 0.5) is 12.9 Å². The van der Waals surface area contributed by atoms with E-state index in [1.165, 1.54) is 10.8 Å². The molecule has 1 heterocycles. The highest BCUT2D eigenvalue weighted by molar-refractivity contribution is 6.57. The summed E-state index contributed by atoms with van der Waals surface area (Å²) in [7, 11) is 0. The van der Waals surface area contributed by atoms with Crippen molar-refractivity contribution >= 4 is 6.98 Å². The van der Waals surface area contributed by atoms with Gasteiger partial charge in [-0.15, -0.1) is 0 Å². The minimum atomic E-state index is -4.76. The molecular formula is C6H9BF3N2-. The van der Waals surface area contributed by atoms with E-state index in [0.717, 1.165) is 0 Å². The summed E-state index contributed by atoms with van der Waals surface area (Å²) < 4.78 is 37.3. The Hall–Kier alpha value is -0.935. The van der Waals surface area contributed by atoms with Crippen LogP contribution in [-0.2, 0) is 12.9 Å². The van der Waals surface area contributed by atoms with Crippen molar-refractivity contribution in [3.63, 3.8) is 0 Å². The zero-order chi connectivity index (χ0) is 9.19. The van der Waals surface area contributed by atoms with Crippen molar-refractivity contribution in [1.82, 2.24) is 9.55 Å². The summed E-state index contributed by atoms with van der Waals surface area (Å²) in [6, 6.07) is 0. The summed E-state index contributed by atoms with van der Waals surface area (Å²) in [6.45, 7) is -2.45. The molecule has 0 amide bonds. The predicted octanol–water partition coefficient (Wildman–Crippen LogP) is 1.83. The van der Waals surface area contributed by atoms with Crippen molar-refractivity contribution in [3.05, 3.63) is 18.2 Å². The number of halogens is 3. The topological polar surface area (TPSA) is 17.8 Å². The molecule has 0 unspecified atom stereocenters. The number of aryl methyl sites for hydroxylation is 1. The SMILES string of the molecule is CCn1ccnc1C[B-](F)(F)F. The predicted molar refractivity (Wildman–Crippen MR) is 40.7 cm³/mol. The van der Waals surface area contributed by atoms with Crippen LogP contribution < -0.4 is 0 Å². The van der Waals surface area contributed by atoms with Crippen LogP contribution in [0.15, 0.2) is 12.4 Å². The number of hydrogen-bond donors (Lipinski definition) is 0. The number of aromatic nitrogens is 2. The van der Waals surface area contributed by atoms with Crippen LogP contribution in [0.3, 0.4) is 0 Å². The first-order valence-corrected chi connectivity index (χ1v) is 3.74. The van der Waals surface area contributed by atoms with Crippen LogP contribution in [0.1, 0.15) is 12.7 Å². The first kappa shape index (κ1) is 9.16. The van der Waals surface area contributed by atoms with Gasteiger partial charge in [-0.1, -0.05) is 0 Å². The second kappa shape index (κ2) is 3.20. The fourth-order valence-electron chi connectivity index (χ4n) is 1.02. The lowest BCUT2D eigenvalue weighted by atomic mass is 9.86. The van der Waals surface area contributed by atoms with E-state index in [9.17, 15) is 12.9 Å². The fourth-order valence-corrected chi connectivity index (χ4v) is 1.02. The Bertz CT molecular complexity index is 256. The Morgan fingerprint density at radius 3 is 2.67 bits per heavy atom. The van der Waals surface area contributed by atoms with E-state index in [2.05, 4.69) is 4.98 Å². The Kier molecular flexibility index (Phi) is 2.44. The molecule has 0 spiro atoms. The van der Waals surface area contributed by atoms with E-state index in [1.807, 2.05) is 0 Å². The van der Waals surface area contributed by atoms with Crippen molar-refractivity contribution in [3.8, 4) is 0 Å². The molecule has 68 valence electrons. The molecule has 1 rings (SSSR count). The monoisotopic (exact) mass is 177 g/mol. The minimum absolute atomic E-state index is 0.102. The number of nitrogens with zero attached hydrogens (tertiary/aromatic N) is 2. The van der Waals surface area contributed by atoms with Crippen molar-refractivity contribution in [1.29, 1.82) is 0 Å². The van der Waals surface area contributed by atoms with Crippen LogP contribution in [0.5, 0.6) is 0 Å². The van der Waals surface area contributed by atoms with Crippen LogP contribution in [0.2, 0.25) is 0 Å². The Morgan fingerprint density at radius 1 is 1.50 bits per heavy atom. The van der Waals surface area contributed by atoms with Crippen molar-refractivity contribution in [2.24, 2.45) is 0 Å². The van der Waals surface area contributed by atoms with Gasteiger partial charge in [0.25, 0.3) is 0 Å². The number of rotatable bonds is 3.